The maximum absolute atomic E-state index is 11.7. The van der Waals surface area contributed by atoms with Crippen LogP contribution in [-0.4, -0.2) is 53.2 Å². The average Bonchev–Trinajstić information content (AvgIpc) is 2.43. The van der Waals surface area contributed by atoms with E-state index in [9.17, 15) is 9.59 Å². The highest BCUT2D eigenvalue weighted by Gasteiger charge is 2.07. The van der Waals surface area contributed by atoms with Crippen LogP contribution in [0.2, 0.25) is 0 Å². The summed E-state index contributed by atoms with van der Waals surface area (Å²) in [6, 6.07) is 1.47. The number of carbonyl (C=O) groups excluding carboxylic acids is 1. The Morgan fingerprint density at radius 2 is 2.10 bits per heavy atom. The van der Waals surface area contributed by atoms with Gasteiger partial charge in [0.05, 0.1) is 17.4 Å². The highest BCUT2D eigenvalue weighted by Crippen LogP contribution is 2.08. The largest absolute Gasteiger partial charge is 0.478 e. The molecule has 0 radical (unpaired) electrons. The lowest BCUT2D eigenvalue weighted by Crippen LogP contribution is -2.33. The van der Waals surface area contributed by atoms with Gasteiger partial charge in [-0.3, -0.25) is 4.98 Å². The number of carboxylic acids is 1. The number of hydrogen-bond donors (Lipinski definition) is 3. The second kappa shape index (κ2) is 8.21. The van der Waals surface area contributed by atoms with E-state index in [4.69, 9.17) is 5.11 Å². The molecular formula is C14H22N4O3. The Labute approximate surface area is 124 Å². The zero-order valence-corrected chi connectivity index (χ0v) is 12.6. The fourth-order valence-electron chi connectivity index (χ4n) is 1.59. The Morgan fingerprint density at radius 3 is 2.71 bits per heavy atom. The van der Waals surface area contributed by atoms with Crippen LogP contribution in [0.1, 0.15) is 30.6 Å². The number of hydrogen-bond acceptors (Lipinski definition) is 4. The quantitative estimate of drug-likeness (QED) is 0.664. The number of aromatic nitrogens is 1. The van der Waals surface area contributed by atoms with Crippen LogP contribution in [0, 0.1) is 0 Å². The number of pyridine rings is 1. The van der Waals surface area contributed by atoms with Crippen molar-refractivity contribution < 1.29 is 14.7 Å². The van der Waals surface area contributed by atoms with E-state index in [0.29, 0.717) is 18.3 Å². The molecule has 0 unspecified atom stereocenters. The molecular weight excluding hydrogens is 272 g/mol. The maximum Gasteiger partial charge on any atom is 0.337 e. The number of nitrogens with zero attached hydrogens (tertiary/aromatic N) is 2. The van der Waals surface area contributed by atoms with Gasteiger partial charge in [-0.05, 0) is 39.9 Å². The van der Waals surface area contributed by atoms with E-state index in [0.717, 1.165) is 13.0 Å². The van der Waals surface area contributed by atoms with Gasteiger partial charge < -0.3 is 20.6 Å². The summed E-state index contributed by atoms with van der Waals surface area (Å²) in [4.78, 5) is 28.4. The van der Waals surface area contributed by atoms with Gasteiger partial charge in [-0.1, -0.05) is 0 Å². The second-order valence-corrected chi connectivity index (χ2v) is 5.08. The number of urea groups is 1. The minimum atomic E-state index is -1.08. The van der Waals surface area contributed by atoms with Gasteiger partial charge in [-0.15, -0.1) is 0 Å². The van der Waals surface area contributed by atoms with E-state index in [-0.39, 0.29) is 11.6 Å². The van der Waals surface area contributed by atoms with Gasteiger partial charge >= 0.3 is 12.0 Å². The lowest BCUT2D eigenvalue weighted by atomic mass is 10.2. The SMILES string of the molecule is CC(C)N(C)CCCNC(=O)Nc1cncc(C(=O)O)c1. The number of amides is 2. The summed E-state index contributed by atoms with van der Waals surface area (Å²) >= 11 is 0. The molecule has 2 amide bonds. The lowest BCUT2D eigenvalue weighted by molar-refractivity contribution is 0.0696. The van der Waals surface area contributed by atoms with Gasteiger partial charge in [0.25, 0.3) is 0 Å². The zero-order valence-electron chi connectivity index (χ0n) is 12.6. The van der Waals surface area contributed by atoms with Crippen LogP contribution in [0.4, 0.5) is 10.5 Å². The molecule has 0 fully saturated rings. The third-order valence-corrected chi connectivity index (χ3v) is 3.10. The molecule has 7 heteroatoms. The number of carboxylic acid groups (broad SMARTS) is 1. The summed E-state index contributed by atoms with van der Waals surface area (Å²) in [7, 11) is 2.04. The average molecular weight is 294 g/mol. The van der Waals surface area contributed by atoms with Gasteiger partial charge in [-0.2, -0.15) is 0 Å². The van der Waals surface area contributed by atoms with Crippen molar-refractivity contribution in [2.24, 2.45) is 0 Å². The molecule has 3 N–H and O–H groups in total. The standard InChI is InChI=1S/C14H22N4O3/c1-10(2)18(3)6-4-5-16-14(21)17-12-7-11(13(19)20)8-15-9-12/h7-10H,4-6H2,1-3H3,(H,19,20)(H2,16,17,21). The molecule has 0 aliphatic carbocycles. The molecule has 1 rings (SSSR count). The molecule has 116 valence electrons. The molecule has 0 spiro atoms. The number of rotatable bonds is 7. The smallest absolute Gasteiger partial charge is 0.337 e. The lowest BCUT2D eigenvalue weighted by Gasteiger charge is -2.20. The molecule has 0 saturated carbocycles. The summed E-state index contributed by atoms with van der Waals surface area (Å²) in [5, 5.41) is 14.1. The number of nitrogens with one attached hydrogen (secondary N) is 2. The van der Waals surface area contributed by atoms with E-state index in [1.54, 1.807) is 0 Å². The molecule has 0 aromatic carbocycles. The monoisotopic (exact) mass is 294 g/mol. The fourth-order valence-corrected chi connectivity index (χ4v) is 1.59. The number of aromatic carboxylic acids is 1. The molecule has 21 heavy (non-hydrogen) atoms. The van der Waals surface area contributed by atoms with E-state index in [1.807, 2.05) is 7.05 Å². The fraction of sp³-hybridized carbons (Fsp3) is 0.500. The molecule has 0 atom stereocenters. The highest BCUT2D eigenvalue weighted by molar-refractivity contribution is 5.92. The summed E-state index contributed by atoms with van der Waals surface area (Å²) < 4.78 is 0. The Balaban J connectivity index is 2.34. The Hall–Kier alpha value is -2.15. The Kier molecular flexibility index (Phi) is 6.61. The predicted molar refractivity (Wildman–Crippen MR) is 80.6 cm³/mol. The van der Waals surface area contributed by atoms with E-state index < -0.39 is 5.97 Å². The first-order valence-electron chi connectivity index (χ1n) is 6.83. The molecule has 0 saturated heterocycles. The van der Waals surface area contributed by atoms with Crippen molar-refractivity contribution >= 4 is 17.7 Å². The first-order valence-corrected chi connectivity index (χ1v) is 6.83. The third kappa shape index (κ3) is 6.22. The Morgan fingerprint density at radius 1 is 1.38 bits per heavy atom. The zero-order chi connectivity index (χ0) is 15.8. The van der Waals surface area contributed by atoms with Crippen molar-refractivity contribution in [3.8, 4) is 0 Å². The van der Waals surface area contributed by atoms with Gasteiger partial charge in [0.2, 0.25) is 0 Å². The summed E-state index contributed by atoms with van der Waals surface area (Å²) in [6.45, 7) is 5.67. The second-order valence-electron chi connectivity index (χ2n) is 5.08. The van der Waals surface area contributed by atoms with Crippen LogP contribution in [0.5, 0.6) is 0 Å². The molecule has 7 nitrogen and oxygen atoms in total. The van der Waals surface area contributed by atoms with Crippen molar-refractivity contribution in [1.29, 1.82) is 0 Å². The van der Waals surface area contributed by atoms with Crippen LogP contribution in [0.25, 0.3) is 0 Å². The van der Waals surface area contributed by atoms with Crippen LogP contribution in [0.15, 0.2) is 18.5 Å². The van der Waals surface area contributed by atoms with Crippen LogP contribution < -0.4 is 10.6 Å². The molecule has 1 aromatic heterocycles. The van der Waals surface area contributed by atoms with Crippen molar-refractivity contribution in [3.63, 3.8) is 0 Å². The van der Waals surface area contributed by atoms with E-state index in [2.05, 4.69) is 34.4 Å². The maximum atomic E-state index is 11.7. The van der Waals surface area contributed by atoms with Crippen LogP contribution in [-0.2, 0) is 0 Å². The third-order valence-electron chi connectivity index (χ3n) is 3.10. The first-order chi connectivity index (χ1) is 9.90. The van der Waals surface area contributed by atoms with Crippen LogP contribution >= 0.6 is 0 Å². The summed E-state index contributed by atoms with van der Waals surface area (Å²) in [5.74, 6) is -1.08. The van der Waals surface area contributed by atoms with Gasteiger partial charge in [0.15, 0.2) is 0 Å². The molecule has 1 aromatic rings. The van der Waals surface area contributed by atoms with Crippen LogP contribution in [0.3, 0.4) is 0 Å². The van der Waals surface area contributed by atoms with E-state index in [1.165, 1.54) is 18.5 Å². The van der Waals surface area contributed by atoms with Crippen molar-refractivity contribution in [2.75, 3.05) is 25.5 Å². The first kappa shape index (κ1) is 16.9. The Bertz CT molecular complexity index is 491. The highest BCUT2D eigenvalue weighted by atomic mass is 16.4. The minimum absolute atomic E-state index is 0.0337. The van der Waals surface area contributed by atoms with Crippen molar-refractivity contribution in [1.82, 2.24) is 15.2 Å². The van der Waals surface area contributed by atoms with E-state index >= 15 is 0 Å². The topological polar surface area (TPSA) is 94.6 Å². The minimum Gasteiger partial charge on any atom is -0.478 e. The summed E-state index contributed by atoms with van der Waals surface area (Å²) in [5.41, 5.74) is 0.387. The molecule has 0 aliphatic rings. The number of anilines is 1. The van der Waals surface area contributed by atoms with Gasteiger partial charge in [-0.25, -0.2) is 9.59 Å². The molecule has 0 aliphatic heterocycles. The normalized spacial score (nSPS) is 10.7. The van der Waals surface area contributed by atoms with Crippen molar-refractivity contribution in [2.45, 2.75) is 26.3 Å². The number of carbonyl (C=O) groups is 2. The van der Waals surface area contributed by atoms with Crippen molar-refractivity contribution in [3.05, 3.63) is 24.0 Å². The predicted octanol–water partition coefficient (Wildman–Crippen LogP) is 1.63. The summed E-state index contributed by atoms with van der Waals surface area (Å²) in [6.07, 6.45) is 3.47. The van der Waals surface area contributed by atoms with Gasteiger partial charge in [0, 0.05) is 18.8 Å². The molecule has 0 bridgehead atoms. The van der Waals surface area contributed by atoms with Gasteiger partial charge in [0.1, 0.15) is 0 Å². The molecule has 1 heterocycles.